The molecule has 3 nitrogen and oxygen atoms in total. The van der Waals surface area contributed by atoms with Crippen molar-refractivity contribution in [3.05, 3.63) is 46.2 Å². The average Bonchev–Trinajstić information content (AvgIpc) is 3.08. The van der Waals surface area contributed by atoms with Gasteiger partial charge in [-0.3, -0.25) is 0 Å². The zero-order valence-electron chi connectivity index (χ0n) is 12.1. The number of hydrogen-bond donors (Lipinski definition) is 0. The molecule has 0 spiro atoms. The van der Waals surface area contributed by atoms with E-state index in [0.29, 0.717) is 5.88 Å². The normalized spacial score (nSPS) is 11.3. The fourth-order valence-electron chi connectivity index (χ4n) is 2.55. The number of halogens is 1. The van der Waals surface area contributed by atoms with E-state index in [4.69, 9.17) is 11.6 Å². The van der Waals surface area contributed by atoms with Crippen molar-refractivity contribution in [3.63, 3.8) is 0 Å². The third-order valence-corrected chi connectivity index (χ3v) is 4.84. The molecule has 21 heavy (non-hydrogen) atoms. The molecule has 0 aliphatic rings. The van der Waals surface area contributed by atoms with Gasteiger partial charge < -0.3 is 4.57 Å². The number of aromatic nitrogens is 3. The van der Waals surface area contributed by atoms with Crippen molar-refractivity contribution in [2.75, 3.05) is 0 Å². The number of nitrogens with zero attached hydrogens (tertiary/aromatic N) is 3. The predicted molar refractivity (Wildman–Crippen MR) is 89.1 cm³/mol. The Kier molecular flexibility index (Phi) is 4.56. The number of alkyl halides is 1. The monoisotopic (exact) mass is 319 g/mol. The topological polar surface area (TPSA) is 30.7 Å². The lowest BCUT2D eigenvalue weighted by Gasteiger charge is -2.06. The molecule has 0 amide bonds. The third-order valence-electron chi connectivity index (χ3n) is 3.60. The van der Waals surface area contributed by atoms with Gasteiger partial charge in [-0.2, -0.15) is 0 Å². The highest BCUT2D eigenvalue weighted by Gasteiger charge is 2.06. The molecule has 0 fully saturated rings. The number of benzene rings is 1. The molecule has 2 aromatic heterocycles. The lowest BCUT2D eigenvalue weighted by atomic mass is 10.2. The highest BCUT2D eigenvalue weighted by molar-refractivity contribution is 7.09. The minimum absolute atomic E-state index is 0.511. The maximum Gasteiger partial charge on any atom is 0.106 e. The second-order valence-corrected chi connectivity index (χ2v) is 6.33. The predicted octanol–water partition coefficient (Wildman–Crippen LogP) is 4.56. The summed E-state index contributed by atoms with van der Waals surface area (Å²) in [4.78, 5) is 9.10. The average molecular weight is 320 g/mol. The maximum atomic E-state index is 5.78. The van der Waals surface area contributed by atoms with Crippen molar-refractivity contribution in [2.45, 2.75) is 38.6 Å². The van der Waals surface area contributed by atoms with Crippen LogP contribution in [0.5, 0.6) is 0 Å². The van der Waals surface area contributed by atoms with Gasteiger partial charge in [0, 0.05) is 11.9 Å². The van der Waals surface area contributed by atoms with Crippen LogP contribution < -0.4 is 0 Å². The minimum Gasteiger partial charge on any atom is -0.328 e. The first-order valence-corrected chi connectivity index (χ1v) is 8.60. The molecule has 3 aromatic rings. The van der Waals surface area contributed by atoms with Crippen LogP contribution in [0.4, 0.5) is 0 Å². The summed E-state index contributed by atoms with van der Waals surface area (Å²) in [5.41, 5.74) is 3.31. The molecule has 0 bridgehead atoms. The SMILES string of the molecule is Cc1nc2ccccc2n1CCCCc1nc(CCl)cs1. The maximum absolute atomic E-state index is 5.78. The van der Waals surface area contributed by atoms with Crippen molar-refractivity contribution in [1.82, 2.24) is 14.5 Å². The number of para-hydroxylation sites is 2. The molecule has 0 saturated carbocycles. The summed E-state index contributed by atoms with van der Waals surface area (Å²) < 4.78 is 2.31. The van der Waals surface area contributed by atoms with E-state index >= 15 is 0 Å². The molecule has 0 saturated heterocycles. The molecule has 0 atom stereocenters. The number of imidazole rings is 1. The standard InChI is InChI=1S/C16H18ClN3S/c1-12-18-14-6-2-3-7-15(14)20(12)9-5-4-8-16-19-13(10-17)11-21-16/h2-3,6-7,11H,4-5,8-10H2,1H3. The minimum atomic E-state index is 0.511. The first-order chi connectivity index (χ1) is 10.3. The Hall–Kier alpha value is -1.39. The molecule has 1 aromatic carbocycles. The summed E-state index contributed by atoms with van der Waals surface area (Å²) in [6, 6.07) is 8.32. The highest BCUT2D eigenvalue weighted by atomic mass is 35.5. The molecule has 3 rings (SSSR count). The van der Waals surface area contributed by atoms with Crippen LogP contribution >= 0.6 is 22.9 Å². The van der Waals surface area contributed by atoms with Crippen LogP contribution in [0.3, 0.4) is 0 Å². The van der Waals surface area contributed by atoms with Crippen LogP contribution in [-0.2, 0) is 18.8 Å². The number of hydrogen-bond acceptors (Lipinski definition) is 3. The Labute approximate surface area is 133 Å². The molecule has 0 N–H and O–H groups in total. The van der Waals surface area contributed by atoms with Gasteiger partial charge >= 0.3 is 0 Å². The van der Waals surface area contributed by atoms with Crippen LogP contribution in [0.1, 0.15) is 29.4 Å². The van der Waals surface area contributed by atoms with Gasteiger partial charge in [0.25, 0.3) is 0 Å². The van der Waals surface area contributed by atoms with Gasteiger partial charge in [0.2, 0.25) is 0 Å². The number of unbranched alkanes of at least 4 members (excludes halogenated alkanes) is 1. The van der Waals surface area contributed by atoms with E-state index in [1.807, 2.05) is 6.07 Å². The molecule has 110 valence electrons. The number of aryl methyl sites for hydroxylation is 3. The molecule has 0 aliphatic heterocycles. The summed E-state index contributed by atoms with van der Waals surface area (Å²) in [6.07, 6.45) is 3.31. The van der Waals surface area contributed by atoms with Gasteiger partial charge in [0.05, 0.1) is 27.6 Å². The summed E-state index contributed by atoms with van der Waals surface area (Å²) in [5, 5.41) is 3.24. The first-order valence-electron chi connectivity index (χ1n) is 7.19. The molecular formula is C16H18ClN3S. The van der Waals surface area contributed by atoms with E-state index in [-0.39, 0.29) is 0 Å². The quantitative estimate of drug-likeness (QED) is 0.492. The molecule has 0 aliphatic carbocycles. The largest absolute Gasteiger partial charge is 0.328 e. The van der Waals surface area contributed by atoms with Gasteiger partial charge in [-0.25, -0.2) is 9.97 Å². The van der Waals surface area contributed by atoms with Crippen LogP contribution in [0.25, 0.3) is 11.0 Å². The molecule has 0 radical (unpaired) electrons. The zero-order valence-corrected chi connectivity index (χ0v) is 13.6. The van der Waals surface area contributed by atoms with Gasteiger partial charge in [-0.15, -0.1) is 22.9 Å². The summed E-state index contributed by atoms with van der Waals surface area (Å²) in [7, 11) is 0. The summed E-state index contributed by atoms with van der Waals surface area (Å²) in [5.74, 6) is 1.60. The smallest absolute Gasteiger partial charge is 0.106 e. The van der Waals surface area contributed by atoms with Gasteiger partial charge in [0.1, 0.15) is 5.82 Å². The van der Waals surface area contributed by atoms with Crippen molar-refractivity contribution in [2.24, 2.45) is 0 Å². The lowest BCUT2D eigenvalue weighted by molar-refractivity contribution is 0.608. The van der Waals surface area contributed by atoms with Crippen LogP contribution in [0, 0.1) is 6.92 Å². The van der Waals surface area contributed by atoms with Crippen LogP contribution in [-0.4, -0.2) is 14.5 Å². The Balaban J connectivity index is 1.58. The Morgan fingerprint density at radius 1 is 1.19 bits per heavy atom. The van der Waals surface area contributed by atoms with Crippen molar-refractivity contribution in [3.8, 4) is 0 Å². The van der Waals surface area contributed by atoms with Crippen LogP contribution in [0.15, 0.2) is 29.6 Å². The van der Waals surface area contributed by atoms with E-state index in [2.05, 4.69) is 45.0 Å². The molecular weight excluding hydrogens is 302 g/mol. The molecule has 5 heteroatoms. The van der Waals surface area contributed by atoms with E-state index in [0.717, 1.165) is 42.8 Å². The molecule has 0 unspecified atom stereocenters. The van der Waals surface area contributed by atoms with Gasteiger partial charge in [0.15, 0.2) is 0 Å². The number of fused-ring (bicyclic) bond motifs is 1. The zero-order chi connectivity index (χ0) is 14.7. The second-order valence-electron chi connectivity index (χ2n) is 5.12. The number of rotatable bonds is 6. The first kappa shape index (κ1) is 14.5. The second kappa shape index (κ2) is 6.58. The third kappa shape index (κ3) is 3.27. The van der Waals surface area contributed by atoms with Gasteiger partial charge in [-0.05, 0) is 38.3 Å². The van der Waals surface area contributed by atoms with E-state index in [1.165, 1.54) is 10.5 Å². The fraction of sp³-hybridized carbons (Fsp3) is 0.375. The van der Waals surface area contributed by atoms with Crippen molar-refractivity contribution >= 4 is 34.0 Å². The van der Waals surface area contributed by atoms with E-state index in [1.54, 1.807) is 11.3 Å². The Bertz CT molecular complexity index is 732. The van der Waals surface area contributed by atoms with Gasteiger partial charge in [-0.1, -0.05) is 12.1 Å². The molecule has 2 heterocycles. The summed E-state index contributed by atoms with van der Waals surface area (Å²) >= 11 is 7.49. The number of thiazole rings is 1. The fourth-order valence-corrected chi connectivity index (χ4v) is 3.62. The lowest BCUT2D eigenvalue weighted by Crippen LogP contribution is -2.01. The van der Waals surface area contributed by atoms with E-state index < -0.39 is 0 Å². The van der Waals surface area contributed by atoms with Crippen molar-refractivity contribution in [1.29, 1.82) is 0 Å². The Morgan fingerprint density at radius 2 is 2.05 bits per heavy atom. The van der Waals surface area contributed by atoms with Crippen LogP contribution in [0.2, 0.25) is 0 Å². The highest BCUT2D eigenvalue weighted by Crippen LogP contribution is 2.18. The van der Waals surface area contributed by atoms with E-state index in [9.17, 15) is 0 Å². The Morgan fingerprint density at radius 3 is 2.86 bits per heavy atom. The van der Waals surface area contributed by atoms with Crippen molar-refractivity contribution < 1.29 is 0 Å². The summed E-state index contributed by atoms with van der Waals surface area (Å²) in [6.45, 7) is 3.09.